The Labute approximate surface area is 84.7 Å². The molecule has 14 heavy (non-hydrogen) atoms. The van der Waals surface area contributed by atoms with Gasteiger partial charge in [0.2, 0.25) is 0 Å². The molecule has 0 aliphatic heterocycles. The fraction of sp³-hybridized carbons (Fsp3) is 0.556. The molecule has 80 valence electrons. The van der Waals surface area contributed by atoms with Gasteiger partial charge in [-0.25, -0.2) is 0 Å². The Kier molecular flexibility index (Phi) is 3.55. The van der Waals surface area contributed by atoms with Gasteiger partial charge in [0.05, 0.1) is 0 Å². The van der Waals surface area contributed by atoms with Crippen LogP contribution >= 0.6 is 11.3 Å². The van der Waals surface area contributed by atoms with Gasteiger partial charge in [-0.1, -0.05) is 6.92 Å². The molecule has 1 atom stereocenters. The molecule has 1 aromatic heterocycles. The first-order chi connectivity index (χ1) is 6.45. The monoisotopic (exact) mass is 223 g/mol. The SMILES string of the molecule is CCc1ccsc1CC(N)C(F)(F)F. The van der Waals surface area contributed by atoms with Crippen LogP contribution in [-0.4, -0.2) is 12.2 Å². The quantitative estimate of drug-likeness (QED) is 0.837. The maximum Gasteiger partial charge on any atom is 0.403 e. The van der Waals surface area contributed by atoms with Crippen molar-refractivity contribution in [3.63, 3.8) is 0 Å². The summed E-state index contributed by atoms with van der Waals surface area (Å²) in [5.74, 6) is 0. The third kappa shape index (κ3) is 2.72. The second kappa shape index (κ2) is 4.31. The standard InChI is InChI=1S/C9H12F3NS/c1-2-6-3-4-14-7(6)5-8(13)9(10,11)12/h3-4,8H,2,5,13H2,1H3. The predicted octanol–water partition coefficient (Wildman–Crippen LogP) is 2.74. The van der Waals surface area contributed by atoms with E-state index < -0.39 is 12.2 Å². The molecule has 1 rings (SSSR count). The molecule has 0 aliphatic rings. The molecule has 0 radical (unpaired) electrons. The van der Waals surface area contributed by atoms with Crippen LogP contribution in [0.4, 0.5) is 13.2 Å². The van der Waals surface area contributed by atoms with Gasteiger partial charge in [0.15, 0.2) is 0 Å². The maximum absolute atomic E-state index is 12.2. The highest BCUT2D eigenvalue weighted by Crippen LogP contribution is 2.25. The molecular formula is C9H12F3NS. The molecular weight excluding hydrogens is 211 g/mol. The zero-order chi connectivity index (χ0) is 10.8. The molecule has 0 aliphatic carbocycles. The van der Waals surface area contributed by atoms with Crippen LogP contribution in [0, 0.1) is 0 Å². The van der Waals surface area contributed by atoms with Gasteiger partial charge in [-0.2, -0.15) is 13.2 Å². The third-order valence-corrected chi connectivity index (χ3v) is 3.03. The van der Waals surface area contributed by atoms with E-state index in [0.29, 0.717) is 0 Å². The Hall–Kier alpha value is -0.550. The second-order valence-electron chi connectivity index (χ2n) is 3.07. The van der Waals surface area contributed by atoms with E-state index in [1.165, 1.54) is 11.3 Å². The average molecular weight is 223 g/mol. The number of alkyl halides is 3. The Morgan fingerprint density at radius 2 is 2.14 bits per heavy atom. The molecule has 0 bridgehead atoms. The van der Waals surface area contributed by atoms with Crippen LogP contribution < -0.4 is 5.73 Å². The summed E-state index contributed by atoms with van der Waals surface area (Å²) in [5, 5.41) is 1.80. The number of nitrogens with two attached hydrogens (primary N) is 1. The molecule has 1 heterocycles. The zero-order valence-electron chi connectivity index (χ0n) is 7.77. The number of thiophene rings is 1. The lowest BCUT2D eigenvalue weighted by Gasteiger charge is -2.15. The van der Waals surface area contributed by atoms with Crippen molar-refractivity contribution in [1.29, 1.82) is 0 Å². The summed E-state index contributed by atoms with van der Waals surface area (Å²) in [6, 6.07) is 0.106. The minimum Gasteiger partial charge on any atom is -0.320 e. The first kappa shape index (κ1) is 11.5. The second-order valence-corrected chi connectivity index (χ2v) is 4.08. The van der Waals surface area contributed by atoms with E-state index >= 15 is 0 Å². The molecule has 0 amide bonds. The normalized spacial score (nSPS) is 14.4. The van der Waals surface area contributed by atoms with Crippen molar-refractivity contribution in [2.45, 2.75) is 32.0 Å². The van der Waals surface area contributed by atoms with E-state index in [1.807, 2.05) is 13.0 Å². The number of hydrogen-bond donors (Lipinski definition) is 1. The van der Waals surface area contributed by atoms with E-state index in [9.17, 15) is 13.2 Å². The number of hydrogen-bond acceptors (Lipinski definition) is 2. The van der Waals surface area contributed by atoms with Crippen LogP contribution in [0.1, 0.15) is 17.4 Å². The van der Waals surface area contributed by atoms with Gasteiger partial charge in [-0.3, -0.25) is 0 Å². The summed E-state index contributed by atoms with van der Waals surface area (Å²) < 4.78 is 36.5. The van der Waals surface area contributed by atoms with Crippen molar-refractivity contribution < 1.29 is 13.2 Å². The van der Waals surface area contributed by atoms with Crippen molar-refractivity contribution in [3.8, 4) is 0 Å². The minimum absolute atomic E-state index is 0.107. The van der Waals surface area contributed by atoms with Crippen molar-refractivity contribution in [2.24, 2.45) is 5.73 Å². The van der Waals surface area contributed by atoms with Crippen LogP contribution in [0.3, 0.4) is 0 Å². The molecule has 1 nitrogen and oxygen atoms in total. The highest BCUT2D eigenvalue weighted by atomic mass is 32.1. The fourth-order valence-electron chi connectivity index (χ4n) is 1.18. The van der Waals surface area contributed by atoms with Gasteiger partial charge in [0.1, 0.15) is 6.04 Å². The van der Waals surface area contributed by atoms with Gasteiger partial charge >= 0.3 is 6.18 Å². The molecule has 0 saturated carbocycles. The van der Waals surface area contributed by atoms with E-state index in [1.54, 1.807) is 5.38 Å². The van der Waals surface area contributed by atoms with Crippen LogP contribution in [0.2, 0.25) is 0 Å². The Morgan fingerprint density at radius 1 is 1.50 bits per heavy atom. The number of aryl methyl sites for hydroxylation is 1. The van der Waals surface area contributed by atoms with Crippen LogP contribution in [-0.2, 0) is 12.8 Å². The highest BCUT2D eigenvalue weighted by molar-refractivity contribution is 7.10. The van der Waals surface area contributed by atoms with Crippen molar-refractivity contribution in [2.75, 3.05) is 0 Å². The van der Waals surface area contributed by atoms with Crippen LogP contribution in [0.25, 0.3) is 0 Å². The molecule has 0 spiro atoms. The summed E-state index contributed by atoms with van der Waals surface area (Å²) in [5.41, 5.74) is 6.01. The van der Waals surface area contributed by atoms with Gasteiger partial charge in [0.25, 0.3) is 0 Å². The van der Waals surface area contributed by atoms with Crippen molar-refractivity contribution >= 4 is 11.3 Å². The molecule has 0 aromatic carbocycles. The molecule has 5 heteroatoms. The van der Waals surface area contributed by atoms with E-state index in [0.717, 1.165) is 16.9 Å². The first-order valence-electron chi connectivity index (χ1n) is 4.32. The number of rotatable bonds is 3. The average Bonchev–Trinajstić information content (AvgIpc) is 2.50. The van der Waals surface area contributed by atoms with E-state index in [4.69, 9.17) is 5.73 Å². The van der Waals surface area contributed by atoms with Gasteiger partial charge in [0, 0.05) is 11.3 Å². The summed E-state index contributed by atoms with van der Waals surface area (Å²) in [6.45, 7) is 1.92. The van der Waals surface area contributed by atoms with E-state index in [2.05, 4.69) is 0 Å². The van der Waals surface area contributed by atoms with Crippen LogP contribution in [0.5, 0.6) is 0 Å². The topological polar surface area (TPSA) is 26.0 Å². The summed E-state index contributed by atoms with van der Waals surface area (Å²) in [6.07, 6.45) is -3.65. The Morgan fingerprint density at radius 3 is 2.64 bits per heavy atom. The molecule has 0 fully saturated rings. The van der Waals surface area contributed by atoms with Gasteiger partial charge < -0.3 is 5.73 Å². The molecule has 1 aromatic rings. The number of halogens is 3. The summed E-state index contributed by atoms with van der Waals surface area (Å²) in [7, 11) is 0. The van der Waals surface area contributed by atoms with Crippen molar-refractivity contribution in [1.82, 2.24) is 0 Å². The van der Waals surface area contributed by atoms with Gasteiger partial charge in [-0.15, -0.1) is 11.3 Å². The van der Waals surface area contributed by atoms with E-state index in [-0.39, 0.29) is 6.42 Å². The van der Waals surface area contributed by atoms with Crippen molar-refractivity contribution in [3.05, 3.63) is 21.9 Å². The largest absolute Gasteiger partial charge is 0.403 e. The minimum atomic E-state index is -4.30. The third-order valence-electron chi connectivity index (χ3n) is 2.04. The Bertz CT molecular complexity index is 292. The Balaban J connectivity index is 2.69. The predicted molar refractivity (Wildman–Crippen MR) is 51.4 cm³/mol. The first-order valence-corrected chi connectivity index (χ1v) is 5.20. The van der Waals surface area contributed by atoms with Crippen LogP contribution in [0.15, 0.2) is 11.4 Å². The smallest absolute Gasteiger partial charge is 0.320 e. The molecule has 2 N–H and O–H groups in total. The maximum atomic E-state index is 12.2. The highest BCUT2D eigenvalue weighted by Gasteiger charge is 2.36. The zero-order valence-corrected chi connectivity index (χ0v) is 8.58. The fourth-order valence-corrected chi connectivity index (χ4v) is 2.21. The lowest BCUT2D eigenvalue weighted by atomic mass is 10.1. The summed E-state index contributed by atoms with van der Waals surface area (Å²) >= 11 is 1.34. The van der Waals surface area contributed by atoms with Gasteiger partial charge in [-0.05, 0) is 23.4 Å². The summed E-state index contributed by atoms with van der Waals surface area (Å²) in [4.78, 5) is 0.748. The lowest BCUT2D eigenvalue weighted by molar-refractivity contribution is -0.147. The lowest BCUT2D eigenvalue weighted by Crippen LogP contribution is -2.39. The molecule has 1 unspecified atom stereocenters. The molecule has 0 saturated heterocycles.